The van der Waals surface area contributed by atoms with Gasteiger partial charge in [0, 0.05) is 0 Å². The first-order valence-corrected chi connectivity index (χ1v) is 5.15. The van der Waals surface area contributed by atoms with Crippen LogP contribution in [-0.4, -0.2) is 26.4 Å². The first-order chi connectivity index (χ1) is 7.67. The molecular weight excluding hydrogens is 208 g/mol. The van der Waals surface area contributed by atoms with Crippen LogP contribution in [0.15, 0.2) is 12.1 Å². The molecule has 90 valence electrons. The van der Waals surface area contributed by atoms with Crippen molar-refractivity contribution in [1.29, 1.82) is 0 Å². The Morgan fingerprint density at radius 3 is 1.88 bits per heavy atom. The van der Waals surface area contributed by atoms with E-state index in [1.165, 1.54) is 0 Å². The Morgan fingerprint density at radius 1 is 1.06 bits per heavy atom. The molecule has 16 heavy (non-hydrogen) atoms. The summed E-state index contributed by atoms with van der Waals surface area (Å²) >= 11 is 0. The molecule has 0 amide bonds. The lowest BCUT2D eigenvalue weighted by Crippen LogP contribution is -2.00. The van der Waals surface area contributed by atoms with Gasteiger partial charge in [-0.1, -0.05) is 6.92 Å². The molecule has 0 aliphatic heterocycles. The number of rotatable bonds is 5. The van der Waals surface area contributed by atoms with Crippen molar-refractivity contribution in [3.05, 3.63) is 17.7 Å². The van der Waals surface area contributed by atoms with Crippen molar-refractivity contribution < 1.29 is 19.3 Å². The minimum atomic E-state index is -0.520. The van der Waals surface area contributed by atoms with Gasteiger partial charge >= 0.3 is 0 Å². The van der Waals surface area contributed by atoms with Crippen LogP contribution in [0.3, 0.4) is 0 Å². The SMILES string of the molecule is CC[C@@H](O)c1cc(OC)c(OC)c(OC)c1. The zero-order valence-corrected chi connectivity index (χ0v) is 10.1. The van der Waals surface area contributed by atoms with Crippen LogP contribution in [0, 0.1) is 0 Å². The van der Waals surface area contributed by atoms with Crippen molar-refractivity contribution in [2.45, 2.75) is 19.4 Å². The predicted molar refractivity (Wildman–Crippen MR) is 61.3 cm³/mol. The monoisotopic (exact) mass is 226 g/mol. The predicted octanol–water partition coefficient (Wildman–Crippen LogP) is 2.16. The quantitative estimate of drug-likeness (QED) is 0.835. The van der Waals surface area contributed by atoms with Gasteiger partial charge in [-0.05, 0) is 24.1 Å². The number of methoxy groups -OCH3 is 3. The van der Waals surface area contributed by atoms with E-state index in [4.69, 9.17) is 14.2 Å². The van der Waals surface area contributed by atoms with Crippen molar-refractivity contribution in [3.63, 3.8) is 0 Å². The third-order valence-corrected chi connectivity index (χ3v) is 2.46. The topological polar surface area (TPSA) is 47.9 Å². The van der Waals surface area contributed by atoms with Gasteiger partial charge in [-0.25, -0.2) is 0 Å². The van der Waals surface area contributed by atoms with Crippen LogP contribution >= 0.6 is 0 Å². The summed E-state index contributed by atoms with van der Waals surface area (Å²) in [4.78, 5) is 0. The summed E-state index contributed by atoms with van der Waals surface area (Å²) in [5.41, 5.74) is 0.761. The second kappa shape index (κ2) is 5.61. The number of benzene rings is 1. The summed E-state index contributed by atoms with van der Waals surface area (Å²) in [6, 6.07) is 3.52. The first-order valence-electron chi connectivity index (χ1n) is 5.15. The molecule has 0 aliphatic carbocycles. The Labute approximate surface area is 95.8 Å². The van der Waals surface area contributed by atoms with E-state index in [-0.39, 0.29) is 0 Å². The smallest absolute Gasteiger partial charge is 0.203 e. The lowest BCUT2D eigenvalue weighted by atomic mass is 10.1. The fourth-order valence-electron chi connectivity index (χ4n) is 1.53. The standard InChI is InChI=1S/C12H18O4/c1-5-9(13)8-6-10(14-2)12(16-4)11(7-8)15-3/h6-7,9,13H,5H2,1-4H3/t9-/m1/s1. The molecule has 1 aromatic rings. The molecular formula is C12H18O4. The number of aliphatic hydroxyl groups excluding tert-OH is 1. The molecule has 0 unspecified atom stereocenters. The molecule has 4 nitrogen and oxygen atoms in total. The van der Waals surface area contributed by atoms with Crippen LogP contribution in [0.25, 0.3) is 0 Å². The van der Waals surface area contributed by atoms with Crippen LogP contribution in [0.2, 0.25) is 0 Å². The Bertz CT molecular complexity index is 324. The van der Waals surface area contributed by atoms with Gasteiger partial charge in [0.05, 0.1) is 27.4 Å². The molecule has 0 radical (unpaired) electrons. The van der Waals surface area contributed by atoms with E-state index < -0.39 is 6.10 Å². The molecule has 0 spiro atoms. The molecule has 0 fully saturated rings. The highest BCUT2D eigenvalue weighted by Gasteiger charge is 2.16. The van der Waals surface area contributed by atoms with Gasteiger partial charge in [0.25, 0.3) is 0 Å². The molecule has 0 heterocycles. The second-order valence-electron chi connectivity index (χ2n) is 3.38. The molecule has 0 saturated heterocycles. The molecule has 0 bridgehead atoms. The van der Waals surface area contributed by atoms with Crippen molar-refractivity contribution >= 4 is 0 Å². The normalized spacial score (nSPS) is 12.1. The fourth-order valence-corrected chi connectivity index (χ4v) is 1.53. The zero-order valence-electron chi connectivity index (χ0n) is 10.1. The molecule has 0 aromatic heterocycles. The van der Waals surface area contributed by atoms with Gasteiger partial charge in [0.2, 0.25) is 5.75 Å². The number of aliphatic hydroxyl groups is 1. The van der Waals surface area contributed by atoms with Gasteiger partial charge in [-0.2, -0.15) is 0 Å². The van der Waals surface area contributed by atoms with Crippen molar-refractivity contribution in [1.82, 2.24) is 0 Å². The maximum Gasteiger partial charge on any atom is 0.203 e. The molecule has 1 N–H and O–H groups in total. The summed E-state index contributed by atoms with van der Waals surface area (Å²) in [5, 5.41) is 9.78. The lowest BCUT2D eigenvalue weighted by molar-refractivity contribution is 0.172. The van der Waals surface area contributed by atoms with E-state index in [9.17, 15) is 5.11 Å². The largest absolute Gasteiger partial charge is 0.493 e. The van der Waals surface area contributed by atoms with E-state index in [0.717, 1.165) is 5.56 Å². The summed E-state index contributed by atoms with van der Waals surface area (Å²) in [6.45, 7) is 1.91. The van der Waals surface area contributed by atoms with E-state index in [1.807, 2.05) is 6.92 Å². The molecule has 1 aromatic carbocycles. The molecule has 0 saturated carbocycles. The fraction of sp³-hybridized carbons (Fsp3) is 0.500. The van der Waals surface area contributed by atoms with Gasteiger partial charge in [0.15, 0.2) is 11.5 Å². The second-order valence-corrected chi connectivity index (χ2v) is 3.38. The van der Waals surface area contributed by atoms with Gasteiger partial charge in [0.1, 0.15) is 0 Å². The van der Waals surface area contributed by atoms with Gasteiger partial charge in [-0.15, -0.1) is 0 Å². The molecule has 0 aliphatic rings. The zero-order chi connectivity index (χ0) is 12.1. The Hall–Kier alpha value is -1.42. The average molecular weight is 226 g/mol. The maximum absolute atomic E-state index is 9.78. The molecule has 1 atom stereocenters. The highest BCUT2D eigenvalue weighted by molar-refractivity contribution is 5.54. The highest BCUT2D eigenvalue weighted by atomic mass is 16.5. The Balaban J connectivity index is 3.25. The molecule has 4 heteroatoms. The summed E-state index contributed by atoms with van der Waals surface area (Å²) in [5.74, 6) is 1.66. The summed E-state index contributed by atoms with van der Waals surface area (Å²) < 4.78 is 15.6. The minimum Gasteiger partial charge on any atom is -0.493 e. The van der Waals surface area contributed by atoms with E-state index in [2.05, 4.69) is 0 Å². The van der Waals surface area contributed by atoms with Crippen molar-refractivity contribution in [2.24, 2.45) is 0 Å². The molecule has 1 rings (SSSR count). The van der Waals surface area contributed by atoms with Crippen molar-refractivity contribution in [3.8, 4) is 17.2 Å². The minimum absolute atomic E-state index is 0.520. The first kappa shape index (κ1) is 12.6. The maximum atomic E-state index is 9.78. The summed E-state index contributed by atoms with van der Waals surface area (Å²) in [7, 11) is 4.66. The van der Waals surface area contributed by atoms with Crippen LogP contribution in [-0.2, 0) is 0 Å². The Kier molecular flexibility index (Phi) is 4.43. The third kappa shape index (κ3) is 2.39. The number of hydrogen-bond acceptors (Lipinski definition) is 4. The average Bonchev–Trinajstić information content (AvgIpc) is 2.35. The van der Waals surface area contributed by atoms with Crippen LogP contribution in [0.1, 0.15) is 25.0 Å². The number of ether oxygens (including phenoxy) is 3. The Morgan fingerprint density at radius 2 is 1.56 bits per heavy atom. The summed E-state index contributed by atoms with van der Waals surface area (Å²) in [6.07, 6.45) is 0.118. The van der Waals surface area contributed by atoms with Gasteiger partial charge in [-0.3, -0.25) is 0 Å². The van der Waals surface area contributed by atoms with E-state index in [0.29, 0.717) is 23.7 Å². The van der Waals surface area contributed by atoms with Crippen LogP contribution < -0.4 is 14.2 Å². The third-order valence-electron chi connectivity index (χ3n) is 2.46. The highest BCUT2D eigenvalue weighted by Crippen LogP contribution is 2.39. The lowest BCUT2D eigenvalue weighted by Gasteiger charge is -2.16. The number of hydrogen-bond donors (Lipinski definition) is 1. The van der Waals surface area contributed by atoms with E-state index in [1.54, 1.807) is 33.5 Å². The van der Waals surface area contributed by atoms with E-state index >= 15 is 0 Å². The van der Waals surface area contributed by atoms with Gasteiger partial charge < -0.3 is 19.3 Å². The van der Waals surface area contributed by atoms with Crippen molar-refractivity contribution in [2.75, 3.05) is 21.3 Å². The van der Waals surface area contributed by atoms with Crippen LogP contribution in [0.5, 0.6) is 17.2 Å². The van der Waals surface area contributed by atoms with Crippen LogP contribution in [0.4, 0.5) is 0 Å².